The Hall–Kier alpha value is -0.980. The predicted octanol–water partition coefficient (Wildman–Crippen LogP) is 1.46. The van der Waals surface area contributed by atoms with E-state index in [9.17, 15) is 12.8 Å². The molecule has 2 rings (SSSR count). The summed E-state index contributed by atoms with van der Waals surface area (Å²) in [7, 11) is -1.53. The average Bonchev–Trinajstić information content (AvgIpc) is 2.35. The van der Waals surface area contributed by atoms with E-state index >= 15 is 0 Å². The topological polar surface area (TPSA) is 40.6 Å². The number of nitrogens with zero attached hydrogens (tertiary/aromatic N) is 2. The first kappa shape index (κ1) is 14.4. The van der Waals surface area contributed by atoms with Crippen molar-refractivity contribution in [1.82, 2.24) is 9.21 Å². The van der Waals surface area contributed by atoms with Crippen molar-refractivity contribution >= 4 is 10.0 Å². The molecule has 0 aliphatic carbocycles. The summed E-state index contributed by atoms with van der Waals surface area (Å²) in [4.78, 5) is 2.30. The molecule has 1 aromatic carbocycles. The van der Waals surface area contributed by atoms with E-state index in [2.05, 4.69) is 4.90 Å². The molecule has 6 heteroatoms. The number of benzene rings is 1. The maximum Gasteiger partial charge on any atom is 0.243 e. The Balaban J connectivity index is 2.29. The number of piperazine rings is 1. The van der Waals surface area contributed by atoms with Crippen molar-refractivity contribution in [1.29, 1.82) is 0 Å². The standard InChI is InChI=1S/C13H19FN2O2S/c1-10-8-12(4-5-13(10)14)19(17,18)16-7-6-15(3)11(2)9-16/h4-5,8,11H,6-7,9H2,1-3H3. The Bertz CT molecular complexity index is 574. The van der Waals surface area contributed by atoms with Gasteiger partial charge in [-0.3, -0.25) is 0 Å². The van der Waals surface area contributed by atoms with Crippen LogP contribution in [0.2, 0.25) is 0 Å². The molecular weight excluding hydrogens is 267 g/mol. The van der Waals surface area contributed by atoms with Gasteiger partial charge in [0, 0.05) is 25.7 Å². The monoisotopic (exact) mass is 286 g/mol. The number of hydrogen-bond acceptors (Lipinski definition) is 3. The second kappa shape index (κ2) is 5.19. The molecule has 0 amide bonds. The number of sulfonamides is 1. The van der Waals surface area contributed by atoms with E-state index in [4.69, 9.17) is 0 Å². The van der Waals surface area contributed by atoms with Crippen LogP contribution in [-0.4, -0.2) is 50.3 Å². The number of aryl methyl sites for hydroxylation is 1. The first-order valence-corrected chi connectivity index (χ1v) is 7.73. The average molecular weight is 286 g/mol. The molecule has 1 saturated heterocycles. The zero-order chi connectivity index (χ0) is 14.2. The lowest BCUT2D eigenvalue weighted by atomic mass is 10.2. The molecule has 1 atom stereocenters. The fourth-order valence-corrected chi connectivity index (χ4v) is 3.76. The van der Waals surface area contributed by atoms with Crippen LogP contribution in [0.25, 0.3) is 0 Å². The zero-order valence-electron chi connectivity index (χ0n) is 11.4. The van der Waals surface area contributed by atoms with Crippen LogP contribution in [0.1, 0.15) is 12.5 Å². The fourth-order valence-electron chi connectivity index (χ4n) is 2.16. The van der Waals surface area contributed by atoms with Crippen LogP contribution in [0.3, 0.4) is 0 Å². The van der Waals surface area contributed by atoms with Gasteiger partial charge in [0.2, 0.25) is 10.0 Å². The third-order valence-electron chi connectivity index (χ3n) is 3.69. The highest BCUT2D eigenvalue weighted by molar-refractivity contribution is 7.89. The van der Waals surface area contributed by atoms with Gasteiger partial charge in [0.05, 0.1) is 4.90 Å². The van der Waals surface area contributed by atoms with Crippen LogP contribution in [0.5, 0.6) is 0 Å². The molecule has 1 aliphatic heterocycles. The van der Waals surface area contributed by atoms with Crippen LogP contribution in [0.4, 0.5) is 4.39 Å². The first-order valence-electron chi connectivity index (χ1n) is 6.29. The SMILES string of the molecule is Cc1cc(S(=O)(=O)N2CCN(C)C(C)C2)ccc1F. The van der Waals surface area contributed by atoms with Crippen LogP contribution < -0.4 is 0 Å². The lowest BCUT2D eigenvalue weighted by Crippen LogP contribution is -2.51. The highest BCUT2D eigenvalue weighted by Crippen LogP contribution is 2.21. The number of hydrogen-bond donors (Lipinski definition) is 0. The predicted molar refractivity (Wildman–Crippen MR) is 72.0 cm³/mol. The van der Waals surface area contributed by atoms with E-state index < -0.39 is 10.0 Å². The van der Waals surface area contributed by atoms with Crippen LogP contribution in [-0.2, 0) is 10.0 Å². The van der Waals surface area contributed by atoms with Gasteiger partial charge in [-0.05, 0) is 44.7 Å². The molecule has 4 nitrogen and oxygen atoms in total. The quantitative estimate of drug-likeness (QED) is 0.826. The molecule has 1 aromatic rings. The van der Waals surface area contributed by atoms with Gasteiger partial charge in [-0.1, -0.05) is 0 Å². The molecular formula is C13H19FN2O2S. The molecule has 0 spiro atoms. The summed E-state index contributed by atoms with van der Waals surface area (Å²) in [5, 5.41) is 0. The molecule has 0 saturated carbocycles. The molecule has 1 fully saturated rings. The molecule has 19 heavy (non-hydrogen) atoms. The molecule has 0 aromatic heterocycles. The number of likely N-dealkylation sites (N-methyl/N-ethyl adjacent to an activating group) is 1. The van der Waals surface area contributed by atoms with Gasteiger partial charge < -0.3 is 4.90 Å². The van der Waals surface area contributed by atoms with Gasteiger partial charge in [-0.25, -0.2) is 12.8 Å². The molecule has 0 radical (unpaired) electrons. The molecule has 106 valence electrons. The van der Waals surface area contributed by atoms with Gasteiger partial charge in [-0.2, -0.15) is 4.31 Å². The Morgan fingerprint density at radius 1 is 1.32 bits per heavy atom. The molecule has 0 bridgehead atoms. The lowest BCUT2D eigenvalue weighted by Gasteiger charge is -2.36. The highest BCUT2D eigenvalue weighted by Gasteiger charge is 2.30. The summed E-state index contributed by atoms with van der Waals surface area (Å²) < 4.78 is 39.7. The molecule has 1 unspecified atom stereocenters. The first-order chi connectivity index (χ1) is 8.82. The normalized spacial score (nSPS) is 22.6. The second-order valence-corrected chi connectivity index (χ2v) is 7.04. The minimum Gasteiger partial charge on any atom is -0.301 e. The van der Waals surface area contributed by atoms with E-state index in [-0.39, 0.29) is 16.8 Å². The van der Waals surface area contributed by atoms with Gasteiger partial charge in [0.15, 0.2) is 0 Å². The van der Waals surface area contributed by atoms with Gasteiger partial charge >= 0.3 is 0 Å². The lowest BCUT2D eigenvalue weighted by molar-refractivity contribution is 0.159. The smallest absolute Gasteiger partial charge is 0.243 e. The summed E-state index contributed by atoms with van der Waals surface area (Å²) in [5.41, 5.74) is 0.350. The van der Waals surface area contributed by atoms with Gasteiger partial charge in [0.1, 0.15) is 5.82 Å². The van der Waals surface area contributed by atoms with Crippen molar-refractivity contribution in [2.24, 2.45) is 0 Å². The van der Waals surface area contributed by atoms with Crippen molar-refractivity contribution < 1.29 is 12.8 Å². The van der Waals surface area contributed by atoms with Crippen LogP contribution >= 0.6 is 0 Å². The van der Waals surface area contributed by atoms with Crippen LogP contribution in [0, 0.1) is 12.7 Å². The Morgan fingerprint density at radius 2 is 2.00 bits per heavy atom. The Kier molecular flexibility index (Phi) is 3.94. The zero-order valence-corrected chi connectivity index (χ0v) is 12.2. The van der Waals surface area contributed by atoms with Crippen molar-refractivity contribution in [3.8, 4) is 0 Å². The van der Waals surface area contributed by atoms with E-state index in [1.54, 1.807) is 6.92 Å². The summed E-state index contributed by atoms with van der Waals surface area (Å²) in [6.07, 6.45) is 0. The van der Waals surface area contributed by atoms with Crippen molar-refractivity contribution in [2.45, 2.75) is 24.8 Å². The third kappa shape index (κ3) is 2.80. The minimum atomic E-state index is -3.52. The fraction of sp³-hybridized carbons (Fsp3) is 0.538. The minimum absolute atomic E-state index is 0.170. The Morgan fingerprint density at radius 3 is 2.58 bits per heavy atom. The summed E-state index contributed by atoms with van der Waals surface area (Å²) in [6.45, 7) is 5.22. The van der Waals surface area contributed by atoms with Gasteiger partial charge in [-0.15, -0.1) is 0 Å². The van der Waals surface area contributed by atoms with Gasteiger partial charge in [0.25, 0.3) is 0 Å². The second-order valence-electron chi connectivity index (χ2n) is 5.10. The summed E-state index contributed by atoms with van der Waals surface area (Å²) in [6, 6.07) is 4.13. The largest absolute Gasteiger partial charge is 0.301 e. The summed E-state index contributed by atoms with van der Waals surface area (Å²) in [5.74, 6) is -0.384. The van der Waals surface area contributed by atoms with Crippen molar-refractivity contribution in [3.63, 3.8) is 0 Å². The highest BCUT2D eigenvalue weighted by atomic mass is 32.2. The molecule has 0 N–H and O–H groups in total. The van der Waals surface area contributed by atoms with Crippen molar-refractivity contribution in [3.05, 3.63) is 29.6 Å². The van der Waals surface area contributed by atoms with Crippen molar-refractivity contribution in [2.75, 3.05) is 26.7 Å². The molecule has 1 aliphatic rings. The third-order valence-corrected chi connectivity index (χ3v) is 5.55. The maximum absolute atomic E-state index is 13.2. The van der Waals surface area contributed by atoms with E-state index in [1.165, 1.54) is 22.5 Å². The van der Waals surface area contributed by atoms with E-state index in [0.717, 1.165) is 0 Å². The maximum atomic E-state index is 13.2. The van der Waals surface area contributed by atoms with E-state index in [0.29, 0.717) is 25.2 Å². The number of rotatable bonds is 2. The van der Waals surface area contributed by atoms with E-state index in [1.807, 2.05) is 14.0 Å². The van der Waals surface area contributed by atoms with Crippen LogP contribution in [0.15, 0.2) is 23.1 Å². The molecule has 1 heterocycles. The Labute approximate surface area is 113 Å². The number of halogens is 1. The summed E-state index contributed by atoms with van der Waals surface area (Å²) >= 11 is 0.